The Hall–Kier alpha value is -0.900. The van der Waals surface area contributed by atoms with Crippen molar-refractivity contribution in [3.8, 4) is 0 Å². The number of unbranched alkanes of at least 4 members (excludes halogenated alkanes) is 1. The average Bonchev–Trinajstić information content (AvgIpc) is 2.41. The van der Waals surface area contributed by atoms with E-state index >= 15 is 0 Å². The minimum absolute atomic E-state index is 0.242. The Labute approximate surface area is 117 Å². The van der Waals surface area contributed by atoms with Crippen LogP contribution in [0.4, 0.5) is 0 Å². The van der Waals surface area contributed by atoms with Crippen LogP contribution in [-0.4, -0.2) is 31.0 Å². The molecular formula is C16H27NO2. The average molecular weight is 265 g/mol. The second kappa shape index (κ2) is 9.08. The van der Waals surface area contributed by atoms with Gasteiger partial charge >= 0.3 is 0 Å². The highest BCUT2D eigenvalue weighted by atomic mass is 16.5. The van der Waals surface area contributed by atoms with E-state index in [1.807, 2.05) is 12.1 Å². The molecule has 1 aromatic carbocycles. The maximum atomic E-state index is 9.83. The van der Waals surface area contributed by atoms with Crippen LogP contribution in [0, 0.1) is 6.92 Å². The Bertz CT molecular complexity index is 354. The number of aliphatic hydroxyl groups is 1. The van der Waals surface area contributed by atoms with Crippen LogP contribution in [0.3, 0.4) is 0 Å². The first-order valence-corrected chi connectivity index (χ1v) is 7.19. The van der Waals surface area contributed by atoms with Crippen LogP contribution >= 0.6 is 0 Å². The van der Waals surface area contributed by atoms with E-state index in [-0.39, 0.29) is 6.04 Å². The summed E-state index contributed by atoms with van der Waals surface area (Å²) in [6.07, 6.45) is 1.74. The number of aliphatic hydroxyl groups excluding tert-OH is 1. The third kappa shape index (κ3) is 6.19. The first kappa shape index (κ1) is 16.2. The van der Waals surface area contributed by atoms with Gasteiger partial charge in [0.2, 0.25) is 0 Å². The van der Waals surface area contributed by atoms with Gasteiger partial charge in [0.05, 0.1) is 12.7 Å². The monoisotopic (exact) mass is 265 g/mol. The predicted molar refractivity (Wildman–Crippen MR) is 79.3 cm³/mol. The third-order valence-corrected chi connectivity index (χ3v) is 3.27. The summed E-state index contributed by atoms with van der Waals surface area (Å²) in [4.78, 5) is 0. The molecule has 0 radical (unpaired) electrons. The number of hydrogen-bond acceptors (Lipinski definition) is 3. The van der Waals surface area contributed by atoms with Crippen molar-refractivity contribution in [2.75, 3.05) is 19.8 Å². The van der Waals surface area contributed by atoms with Crippen LogP contribution in [0.2, 0.25) is 0 Å². The number of hydrogen-bond donors (Lipinski definition) is 2. The van der Waals surface area contributed by atoms with Crippen molar-refractivity contribution in [3.05, 3.63) is 35.4 Å². The maximum Gasteiger partial charge on any atom is 0.0897 e. The molecule has 0 heterocycles. The molecule has 3 heteroatoms. The number of ether oxygens (including phenoxy) is 1. The molecule has 19 heavy (non-hydrogen) atoms. The maximum absolute atomic E-state index is 9.83. The van der Waals surface area contributed by atoms with Gasteiger partial charge in [-0.3, -0.25) is 0 Å². The third-order valence-electron chi connectivity index (χ3n) is 3.27. The van der Waals surface area contributed by atoms with Gasteiger partial charge in [0.1, 0.15) is 0 Å². The highest BCUT2D eigenvalue weighted by Crippen LogP contribution is 2.16. The lowest BCUT2D eigenvalue weighted by atomic mass is 10.0. The molecule has 0 saturated heterocycles. The molecule has 0 aliphatic heterocycles. The summed E-state index contributed by atoms with van der Waals surface area (Å²) in [7, 11) is 0. The lowest BCUT2D eigenvalue weighted by Gasteiger charge is -2.19. The van der Waals surface area contributed by atoms with E-state index < -0.39 is 6.10 Å². The lowest BCUT2D eigenvalue weighted by Crippen LogP contribution is -2.32. The van der Waals surface area contributed by atoms with Crippen molar-refractivity contribution in [2.45, 2.75) is 45.8 Å². The first-order chi connectivity index (χ1) is 9.15. The van der Waals surface area contributed by atoms with Gasteiger partial charge in [-0.05, 0) is 31.4 Å². The van der Waals surface area contributed by atoms with Crippen LogP contribution in [0.25, 0.3) is 0 Å². The van der Waals surface area contributed by atoms with E-state index in [1.54, 1.807) is 0 Å². The normalized spacial score (nSPS) is 14.3. The van der Waals surface area contributed by atoms with Crippen LogP contribution in [0.5, 0.6) is 0 Å². The molecular weight excluding hydrogens is 238 g/mol. The van der Waals surface area contributed by atoms with Gasteiger partial charge in [0, 0.05) is 19.2 Å². The molecule has 0 aliphatic carbocycles. The molecule has 0 aromatic heterocycles. The summed E-state index contributed by atoms with van der Waals surface area (Å²) in [5.41, 5.74) is 2.55. The van der Waals surface area contributed by atoms with Crippen molar-refractivity contribution in [1.29, 1.82) is 0 Å². The molecule has 0 amide bonds. The molecule has 2 N–H and O–H groups in total. The molecule has 0 saturated carbocycles. The number of aryl methyl sites for hydroxylation is 1. The molecule has 2 unspecified atom stereocenters. The van der Waals surface area contributed by atoms with Gasteiger partial charge < -0.3 is 15.2 Å². The summed E-state index contributed by atoms with van der Waals surface area (Å²) in [5, 5.41) is 13.2. The zero-order chi connectivity index (χ0) is 14.1. The van der Waals surface area contributed by atoms with Gasteiger partial charge in [0.25, 0.3) is 0 Å². The van der Waals surface area contributed by atoms with Crippen LogP contribution in [0.15, 0.2) is 24.3 Å². The Kier molecular flexibility index (Phi) is 7.72. The summed E-state index contributed by atoms with van der Waals surface area (Å²) >= 11 is 0. The van der Waals surface area contributed by atoms with Gasteiger partial charge in [0.15, 0.2) is 0 Å². The SMILES string of the molecule is CCCCOCC(O)CNC(C)c1ccccc1C. The Balaban J connectivity index is 2.26. The van der Waals surface area contributed by atoms with Crippen molar-refractivity contribution in [1.82, 2.24) is 5.32 Å². The Morgan fingerprint density at radius 2 is 2.05 bits per heavy atom. The van der Waals surface area contributed by atoms with E-state index in [9.17, 15) is 5.11 Å². The van der Waals surface area contributed by atoms with Crippen molar-refractivity contribution >= 4 is 0 Å². The summed E-state index contributed by atoms with van der Waals surface area (Å²) in [5.74, 6) is 0. The van der Waals surface area contributed by atoms with Crippen LogP contribution in [-0.2, 0) is 4.74 Å². The largest absolute Gasteiger partial charge is 0.389 e. The van der Waals surface area contributed by atoms with Gasteiger partial charge in [-0.1, -0.05) is 37.6 Å². The highest BCUT2D eigenvalue weighted by molar-refractivity contribution is 5.28. The Morgan fingerprint density at radius 3 is 2.74 bits per heavy atom. The molecule has 0 spiro atoms. The van der Waals surface area contributed by atoms with Gasteiger partial charge in [-0.25, -0.2) is 0 Å². The molecule has 1 aromatic rings. The number of rotatable bonds is 9. The molecule has 3 nitrogen and oxygen atoms in total. The van der Waals surface area contributed by atoms with Crippen LogP contribution in [0.1, 0.15) is 43.9 Å². The zero-order valence-corrected chi connectivity index (χ0v) is 12.4. The molecule has 0 fully saturated rings. The van der Waals surface area contributed by atoms with Gasteiger partial charge in [-0.15, -0.1) is 0 Å². The van der Waals surface area contributed by atoms with E-state index in [0.717, 1.165) is 19.4 Å². The number of nitrogens with one attached hydrogen (secondary N) is 1. The van der Waals surface area contributed by atoms with Crippen molar-refractivity contribution in [3.63, 3.8) is 0 Å². The smallest absolute Gasteiger partial charge is 0.0897 e. The topological polar surface area (TPSA) is 41.5 Å². The Morgan fingerprint density at radius 1 is 1.32 bits per heavy atom. The summed E-state index contributed by atoms with van der Waals surface area (Å²) in [6, 6.07) is 8.56. The standard InChI is InChI=1S/C16H27NO2/c1-4-5-10-19-12-15(18)11-17-14(3)16-9-7-6-8-13(16)2/h6-9,14-15,17-18H,4-5,10-12H2,1-3H3. The fourth-order valence-electron chi connectivity index (χ4n) is 2.02. The fourth-order valence-corrected chi connectivity index (χ4v) is 2.02. The van der Waals surface area contributed by atoms with Crippen molar-refractivity contribution < 1.29 is 9.84 Å². The summed E-state index contributed by atoms with van der Waals surface area (Å²) in [6.45, 7) is 8.06. The molecule has 0 aliphatic rings. The molecule has 2 atom stereocenters. The van der Waals surface area contributed by atoms with E-state index in [1.165, 1.54) is 11.1 Å². The predicted octanol–water partition coefficient (Wildman–Crippen LogP) is 2.82. The highest BCUT2D eigenvalue weighted by Gasteiger charge is 2.10. The van der Waals surface area contributed by atoms with Crippen molar-refractivity contribution in [2.24, 2.45) is 0 Å². The lowest BCUT2D eigenvalue weighted by molar-refractivity contribution is 0.0348. The molecule has 108 valence electrons. The number of benzene rings is 1. The quantitative estimate of drug-likeness (QED) is 0.675. The zero-order valence-electron chi connectivity index (χ0n) is 12.4. The molecule has 0 bridgehead atoms. The van der Waals surface area contributed by atoms with Crippen LogP contribution < -0.4 is 5.32 Å². The minimum atomic E-state index is -0.441. The second-order valence-corrected chi connectivity index (χ2v) is 5.07. The minimum Gasteiger partial charge on any atom is -0.389 e. The first-order valence-electron chi connectivity index (χ1n) is 7.19. The second-order valence-electron chi connectivity index (χ2n) is 5.07. The fraction of sp³-hybridized carbons (Fsp3) is 0.625. The van der Waals surface area contributed by atoms with E-state index in [2.05, 4.69) is 38.2 Å². The molecule has 1 rings (SSSR count). The van der Waals surface area contributed by atoms with E-state index in [4.69, 9.17) is 4.74 Å². The summed E-state index contributed by atoms with van der Waals surface area (Å²) < 4.78 is 5.41. The van der Waals surface area contributed by atoms with Gasteiger partial charge in [-0.2, -0.15) is 0 Å². The van der Waals surface area contributed by atoms with E-state index in [0.29, 0.717) is 13.2 Å².